The van der Waals surface area contributed by atoms with Gasteiger partial charge < -0.3 is 10.2 Å². The van der Waals surface area contributed by atoms with E-state index in [1.807, 2.05) is 18.2 Å². The maximum Gasteiger partial charge on any atom is 0.253 e. The number of carbonyl (C=O) groups is 1. The van der Waals surface area contributed by atoms with Crippen molar-refractivity contribution in [2.75, 3.05) is 37.6 Å². The summed E-state index contributed by atoms with van der Waals surface area (Å²) in [7, 11) is 0. The van der Waals surface area contributed by atoms with Gasteiger partial charge in [-0.15, -0.1) is 0 Å². The Balaban J connectivity index is 1.12. The molecule has 10 heteroatoms. The maximum absolute atomic E-state index is 12.7. The second-order valence-electron chi connectivity index (χ2n) is 10.6. The van der Waals surface area contributed by atoms with Crippen LogP contribution in [0.1, 0.15) is 41.3 Å². The Labute approximate surface area is 256 Å². The number of rotatable bonds is 7. The summed E-state index contributed by atoms with van der Waals surface area (Å²) in [5.74, 6) is 0.486. The van der Waals surface area contributed by atoms with Gasteiger partial charge in [-0.1, -0.05) is 64.6 Å². The summed E-state index contributed by atoms with van der Waals surface area (Å²) in [6.45, 7) is 8.45. The molecule has 3 heterocycles. The van der Waals surface area contributed by atoms with Crippen LogP contribution in [0.25, 0.3) is 0 Å². The van der Waals surface area contributed by atoms with E-state index in [-0.39, 0.29) is 5.91 Å². The van der Waals surface area contributed by atoms with Crippen molar-refractivity contribution in [2.45, 2.75) is 44.9 Å². The lowest BCUT2D eigenvalue weighted by atomic mass is 9.99. The molecule has 0 saturated carbocycles. The number of nitrogens with zero attached hydrogens (tertiary/aromatic N) is 4. The normalized spacial score (nSPS) is 19.1. The first-order chi connectivity index (χ1) is 19.3. The van der Waals surface area contributed by atoms with Crippen molar-refractivity contribution >= 4 is 58.1 Å². The summed E-state index contributed by atoms with van der Waals surface area (Å²) in [5, 5.41) is 5.09. The number of likely N-dealkylation sites (tertiary alicyclic amines) is 1. The number of carbonyl (C=O) groups excluding carboxylic acids is 1. The molecule has 1 N–H and O–H groups in total. The van der Waals surface area contributed by atoms with Gasteiger partial charge in [0.15, 0.2) is 0 Å². The molecule has 6 nitrogen and oxygen atoms in total. The summed E-state index contributed by atoms with van der Waals surface area (Å²) >= 11 is 24.7. The van der Waals surface area contributed by atoms with E-state index in [2.05, 4.69) is 44.1 Å². The molecule has 2 aromatic carbocycles. The van der Waals surface area contributed by atoms with E-state index in [0.717, 1.165) is 55.7 Å². The highest BCUT2D eigenvalue weighted by Gasteiger charge is 2.32. The van der Waals surface area contributed by atoms with Crippen molar-refractivity contribution in [1.82, 2.24) is 20.1 Å². The molecule has 2 aliphatic heterocycles. The zero-order chi connectivity index (χ0) is 28.2. The number of halogens is 4. The maximum atomic E-state index is 12.7. The molecule has 1 atom stereocenters. The SMILES string of the molecule is C[C@@H]1CN(c2ncc(C(=O)NCc3ccc(Cl)c(Cl)c3)cc2Cl)CCN1C1CCN(Cc2ccc(Cl)cc2)CC1. The average molecular weight is 621 g/mol. The number of hydrogen-bond acceptors (Lipinski definition) is 5. The molecular weight excluding hydrogens is 588 g/mol. The fraction of sp³-hybridized carbons (Fsp3) is 0.400. The number of piperazine rings is 1. The molecule has 1 amide bonds. The topological polar surface area (TPSA) is 51.7 Å². The minimum absolute atomic E-state index is 0.243. The third kappa shape index (κ3) is 7.22. The standard InChI is InChI=1S/C30H33Cl4N5O/c1-20-18-38(12-13-39(20)25-8-10-37(11-9-25)19-21-2-5-24(31)6-3-21)29-28(34)15-23(17-35-29)30(40)36-16-22-4-7-26(32)27(33)14-22/h2-7,14-15,17,20,25H,8-13,16,18-19H2,1H3,(H,36,40)/t20-/m1/s1. The van der Waals surface area contributed by atoms with Gasteiger partial charge in [0.2, 0.25) is 0 Å². The van der Waals surface area contributed by atoms with E-state index in [1.54, 1.807) is 24.4 Å². The number of benzene rings is 2. The van der Waals surface area contributed by atoms with E-state index in [9.17, 15) is 4.79 Å². The van der Waals surface area contributed by atoms with Crippen molar-refractivity contribution in [3.05, 3.63) is 91.5 Å². The minimum atomic E-state index is -0.243. The fourth-order valence-electron chi connectivity index (χ4n) is 5.69. The Morgan fingerprint density at radius 3 is 2.30 bits per heavy atom. The van der Waals surface area contributed by atoms with Gasteiger partial charge in [0.25, 0.3) is 5.91 Å². The molecule has 3 aromatic rings. The minimum Gasteiger partial charge on any atom is -0.353 e. The highest BCUT2D eigenvalue weighted by Crippen LogP contribution is 2.29. The largest absolute Gasteiger partial charge is 0.353 e. The Morgan fingerprint density at radius 2 is 1.62 bits per heavy atom. The van der Waals surface area contributed by atoms with Gasteiger partial charge in [0, 0.05) is 56.0 Å². The molecular formula is C30H33Cl4N5O. The molecule has 5 rings (SSSR count). The number of pyridine rings is 1. The third-order valence-electron chi connectivity index (χ3n) is 7.85. The molecule has 40 heavy (non-hydrogen) atoms. The van der Waals surface area contributed by atoms with Crippen LogP contribution < -0.4 is 10.2 Å². The van der Waals surface area contributed by atoms with Crippen molar-refractivity contribution in [3.8, 4) is 0 Å². The van der Waals surface area contributed by atoms with Crippen molar-refractivity contribution in [2.24, 2.45) is 0 Å². The van der Waals surface area contributed by atoms with Gasteiger partial charge in [0.05, 0.1) is 20.6 Å². The number of nitrogens with one attached hydrogen (secondary N) is 1. The lowest BCUT2D eigenvalue weighted by Gasteiger charge is -2.47. The smallest absolute Gasteiger partial charge is 0.253 e. The first kappa shape index (κ1) is 29.4. The summed E-state index contributed by atoms with van der Waals surface area (Å²) < 4.78 is 0. The van der Waals surface area contributed by atoms with Gasteiger partial charge in [-0.25, -0.2) is 4.98 Å². The van der Waals surface area contributed by atoms with Crippen molar-refractivity contribution in [1.29, 1.82) is 0 Å². The Morgan fingerprint density at radius 1 is 0.900 bits per heavy atom. The van der Waals surface area contributed by atoms with Crippen LogP contribution in [0, 0.1) is 0 Å². The summed E-state index contributed by atoms with van der Waals surface area (Å²) in [6, 6.07) is 16.1. The molecule has 2 saturated heterocycles. The second kappa shape index (κ2) is 13.3. The van der Waals surface area contributed by atoms with E-state index in [0.29, 0.717) is 39.3 Å². The predicted octanol–water partition coefficient (Wildman–Crippen LogP) is 6.80. The number of anilines is 1. The van der Waals surface area contributed by atoms with Crippen LogP contribution in [0.3, 0.4) is 0 Å². The van der Waals surface area contributed by atoms with Gasteiger partial charge >= 0.3 is 0 Å². The lowest BCUT2D eigenvalue weighted by molar-refractivity contribution is 0.0690. The van der Waals surface area contributed by atoms with Crippen LogP contribution in [0.15, 0.2) is 54.7 Å². The Bertz CT molecular complexity index is 1330. The number of piperidine rings is 1. The van der Waals surface area contributed by atoms with Gasteiger partial charge in [-0.3, -0.25) is 14.6 Å². The summed E-state index contributed by atoms with van der Waals surface area (Å²) in [5.41, 5.74) is 2.59. The van der Waals surface area contributed by atoms with Crippen LogP contribution in [0.5, 0.6) is 0 Å². The molecule has 0 radical (unpaired) electrons. The van der Waals surface area contributed by atoms with Crippen LogP contribution in [-0.4, -0.2) is 65.5 Å². The average Bonchev–Trinajstić information content (AvgIpc) is 2.95. The lowest BCUT2D eigenvalue weighted by Crippen LogP contribution is -2.57. The van der Waals surface area contributed by atoms with Crippen LogP contribution in [0.2, 0.25) is 20.1 Å². The molecule has 1 aromatic heterocycles. The van der Waals surface area contributed by atoms with Crippen LogP contribution in [-0.2, 0) is 13.1 Å². The predicted molar refractivity (Wildman–Crippen MR) is 165 cm³/mol. The van der Waals surface area contributed by atoms with Gasteiger partial charge in [-0.05, 0) is 74.3 Å². The van der Waals surface area contributed by atoms with Crippen molar-refractivity contribution < 1.29 is 4.79 Å². The monoisotopic (exact) mass is 619 g/mol. The first-order valence-corrected chi connectivity index (χ1v) is 15.1. The van der Waals surface area contributed by atoms with Gasteiger partial charge in [-0.2, -0.15) is 0 Å². The van der Waals surface area contributed by atoms with Gasteiger partial charge in [0.1, 0.15) is 5.82 Å². The quantitative estimate of drug-likeness (QED) is 0.315. The molecule has 2 fully saturated rings. The Kier molecular flexibility index (Phi) is 9.77. The Hall–Kier alpha value is -2.06. The van der Waals surface area contributed by atoms with E-state index >= 15 is 0 Å². The number of aromatic nitrogens is 1. The molecule has 0 aliphatic carbocycles. The molecule has 0 bridgehead atoms. The summed E-state index contributed by atoms with van der Waals surface area (Å²) in [4.78, 5) is 24.7. The molecule has 2 aliphatic rings. The second-order valence-corrected chi connectivity index (χ2v) is 12.3. The summed E-state index contributed by atoms with van der Waals surface area (Å²) in [6.07, 6.45) is 3.94. The van der Waals surface area contributed by atoms with E-state index in [4.69, 9.17) is 46.4 Å². The number of amides is 1. The third-order valence-corrected chi connectivity index (χ3v) is 9.11. The highest BCUT2D eigenvalue weighted by molar-refractivity contribution is 6.42. The zero-order valence-corrected chi connectivity index (χ0v) is 25.4. The van der Waals surface area contributed by atoms with E-state index in [1.165, 1.54) is 18.4 Å². The molecule has 212 valence electrons. The molecule has 0 spiro atoms. The van der Waals surface area contributed by atoms with Crippen LogP contribution in [0.4, 0.5) is 5.82 Å². The first-order valence-electron chi connectivity index (χ1n) is 13.6. The fourth-order valence-corrected chi connectivity index (χ4v) is 6.42. The molecule has 0 unspecified atom stereocenters. The van der Waals surface area contributed by atoms with Crippen molar-refractivity contribution in [3.63, 3.8) is 0 Å². The number of hydrogen-bond donors (Lipinski definition) is 1. The zero-order valence-electron chi connectivity index (χ0n) is 22.4. The van der Waals surface area contributed by atoms with Crippen LogP contribution >= 0.6 is 46.4 Å². The highest BCUT2D eigenvalue weighted by atomic mass is 35.5. The van der Waals surface area contributed by atoms with E-state index < -0.39 is 0 Å².